The number of halogens is 2. The molecule has 7 nitrogen and oxygen atoms in total. The summed E-state index contributed by atoms with van der Waals surface area (Å²) in [5, 5.41) is 2.92. The number of benzene rings is 3. The van der Waals surface area contributed by atoms with Crippen molar-refractivity contribution in [1.29, 1.82) is 0 Å². The molecule has 0 spiro atoms. The third kappa shape index (κ3) is 4.79. The minimum Gasteiger partial charge on any atom is -0.465 e. The van der Waals surface area contributed by atoms with Crippen molar-refractivity contribution in [1.82, 2.24) is 5.32 Å². The minimum atomic E-state index is -3.17. The Bertz CT molecular complexity index is 1440. The van der Waals surface area contributed by atoms with Crippen LogP contribution in [0.5, 0.6) is 11.5 Å². The van der Waals surface area contributed by atoms with Crippen molar-refractivity contribution in [2.75, 3.05) is 13.9 Å². The molecule has 0 aromatic heterocycles. The standard InChI is InChI=1S/C31H29F2NO6/c1-17-12-20(30(36)37-2)8-10-22(17)25-15-21(14-24(40-25)18-6-4-3-5-7-18)34-29(35)28-27(31(28,32)33)19-9-11-23-26(13-19)39-16-38-23/h3-13,21,24-25,27-28H,14-16H2,1-2H3,(H,34,35)/t21-,24+,25-,27?,28?/m1/s1. The molecule has 40 heavy (non-hydrogen) atoms. The smallest absolute Gasteiger partial charge is 0.337 e. The Labute approximate surface area is 230 Å². The predicted molar refractivity (Wildman–Crippen MR) is 140 cm³/mol. The Morgan fingerprint density at radius 2 is 1.68 bits per heavy atom. The van der Waals surface area contributed by atoms with Gasteiger partial charge in [0.25, 0.3) is 5.92 Å². The van der Waals surface area contributed by atoms with E-state index in [0.717, 1.165) is 16.7 Å². The number of alkyl halides is 2. The summed E-state index contributed by atoms with van der Waals surface area (Å²) in [5.41, 5.74) is 3.41. The third-order valence-corrected chi connectivity index (χ3v) is 7.97. The maximum Gasteiger partial charge on any atom is 0.337 e. The molecule has 2 heterocycles. The van der Waals surface area contributed by atoms with Crippen LogP contribution in [0, 0.1) is 12.8 Å². The Morgan fingerprint density at radius 1 is 0.925 bits per heavy atom. The SMILES string of the molecule is COC(=O)c1ccc([C@H]2C[C@H](NC(=O)C3C(c4ccc5c(c4)OCO5)C3(F)F)C[C@@H](c3ccccc3)O2)c(C)c1. The summed E-state index contributed by atoms with van der Waals surface area (Å²) in [6.07, 6.45) is 0.0774. The van der Waals surface area contributed by atoms with E-state index >= 15 is 0 Å². The van der Waals surface area contributed by atoms with Crippen LogP contribution in [0.15, 0.2) is 66.7 Å². The molecule has 0 radical (unpaired) electrons. The molecule has 2 aliphatic heterocycles. The van der Waals surface area contributed by atoms with Crippen LogP contribution in [-0.4, -0.2) is 37.7 Å². The zero-order valence-electron chi connectivity index (χ0n) is 22.1. The summed E-state index contributed by atoms with van der Waals surface area (Å²) in [6, 6.07) is 19.2. The average Bonchev–Trinajstić information content (AvgIpc) is 3.27. The molecule has 1 saturated carbocycles. The summed E-state index contributed by atoms with van der Waals surface area (Å²) < 4.78 is 51.9. The number of hydrogen-bond donors (Lipinski definition) is 1. The number of ether oxygens (including phenoxy) is 4. The van der Waals surface area contributed by atoms with Crippen molar-refractivity contribution in [3.05, 3.63) is 94.5 Å². The lowest BCUT2D eigenvalue weighted by molar-refractivity contribution is -0.127. The molecule has 9 heteroatoms. The summed E-state index contributed by atoms with van der Waals surface area (Å²) in [4.78, 5) is 25.3. The largest absolute Gasteiger partial charge is 0.465 e. The van der Waals surface area contributed by atoms with Crippen LogP contribution in [0.2, 0.25) is 0 Å². The second-order valence-corrected chi connectivity index (χ2v) is 10.5. The molecule has 1 aliphatic carbocycles. The number of nitrogens with one attached hydrogen (secondary N) is 1. The molecule has 208 valence electrons. The number of rotatable bonds is 6. The van der Waals surface area contributed by atoms with Crippen LogP contribution >= 0.6 is 0 Å². The first-order valence-corrected chi connectivity index (χ1v) is 13.2. The number of aryl methyl sites for hydroxylation is 1. The quantitative estimate of drug-likeness (QED) is 0.401. The van der Waals surface area contributed by atoms with Crippen molar-refractivity contribution in [2.24, 2.45) is 5.92 Å². The molecular weight excluding hydrogens is 520 g/mol. The highest BCUT2D eigenvalue weighted by Gasteiger charge is 2.72. The van der Waals surface area contributed by atoms with Crippen molar-refractivity contribution < 1.29 is 37.3 Å². The average molecular weight is 550 g/mol. The van der Waals surface area contributed by atoms with E-state index in [-0.39, 0.29) is 12.9 Å². The number of esters is 1. The number of amides is 1. The number of carbonyl (C=O) groups excluding carboxylic acids is 2. The maximum atomic E-state index is 15.0. The maximum absolute atomic E-state index is 15.0. The van der Waals surface area contributed by atoms with Crippen molar-refractivity contribution in [3.63, 3.8) is 0 Å². The Hall–Kier alpha value is -3.98. The van der Waals surface area contributed by atoms with Gasteiger partial charge in [0.1, 0.15) is 5.92 Å². The van der Waals surface area contributed by atoms with Crippen LogP contribution in [0.1, 0.15) is 63.6 Å². The van der Waals surface area contributed by atoms with Gasteiger partial charge in [-0.15, -0.1) is 0 Å². The summed E-state index contributed by atoms with van der Waals surface area (Å²) in [6.45, 7) is 1.92. The molecule has 3 aliphatic rings. The summed E-state index contributed by atoms with van der Waals surface area (Å²) in [5.74, 6) is -6.06. The minimum absolute atomic E-state index is 0.0438. The van der Waals surface area contributed by atoms with Gasteiger partial charge in [0.15, 0.2) is 11.5 Å². The predicted octanol–water partition coefficient (Wildman–Crippen LogP) is 5.64. The molecule has 0 bridgehead atoms. The molecule has 6 rings (SSSR count). The van der Waals surface area contributed by atoms with Crippen LogP contribution in [0.25, 0.3) is 0 Å². The van der Waals surface area contributed by atoms with Crippen LogP contribution in [0.4, 0.5) is 8.78 Å². The van der Waals surface area contributed by atoms with Crippen molar-refractivity contribution in [3.8, 4) is 11.5 Å². The van der Waals surface area contributed by atoms with Gasteiger partial charge >= 0.3 is 5.97 Å². The van der Waals surface area contributed by atoms with Gasteiger partial charge in [0, 0.05) is 6.04 Å². The molecule has 3 aromatic carbocycles. The fourth-order valence-corrected chi connectivity index (χ4v) is 5.87. The van der Waals surface area contributed by atoms with E-state index in [9.17, 15) is 18.4 Å². The second-order valence-electron chi connectivity index (χ2n) is 10.5. The highest BCUT2D eigenvalue weighted by Crippen LogP contribution is 2.62. The zero-order chi connectivity index (χ0) is 28.0. The summed E-state index contributed by atoms with van der Waals surface area (Å²) in [7, 11) is 1.33. The van der Waals surface area contributed by atoms with E-state index in [1.807, 2.05) is 43.3 Å². The number of carbonyl (C=O) groups is 2. The molecular formula is C31H29F2NO6. The zero-order valence-corrected chi connectivity index (χ0v) is 22.1. The highest BCUT2D eigenvalue weighted by molar-refractivity contribution is 5.89. The van der Waals surface area contributed by atoms with Gasteiger partial charge in [-0.1, -0.05) is 42.5 Å². The van der Waals surface area contributed by atoms with Crippen molar-refractivity contribution >= 4 is 11.9 Å². The lowest BCUT2D eigenvalue weighted by Gasteiger charge is -2.37. The van der Waals surface area contributed by atoms with E-state index in [4.69, 9.17) is 18.9 Å². The third-order valence-electron chi connectivity index (χ3n) is 7.97. The number of methoxy groups -OCH3 is 1. The van der Waals surface area contributed by atoms with Crippen molar-refractivity contribution in [2.45, 2.75) is 49.9 Å². The first-order valence-electron chi connectivity index (χ1n) is 13.2. The van der Waals surface area contributed by atoms with Gasteiger partial charge in [-0.2, -0.15) is 0 Å². The van der Waals surface area contributed by atoms with Gasteiger partial charge < -0.3 is 24.3 Å². The number of hydrogen-bond acceptors (Lipinski definition) is 6. The monoisotopic (exact) mass is 549 g/mol. The molecule has 2 fully saturated rings. The highest BCUT2D eigenvalue weighted by atomic mass is 19.3. The van der Waals surface area contributed by atoms with Crippen LogP contribution in [-0.2, 0) is 14.3 Å². The first-order chi connectivity index (χ1) is 19.3. The number of fused-ring (bicyclic) bond motifs is 1. The van der Waals surface area contributed by atoms with Gasteiger partial charge in [-0.05, 0) is 66.3 Å². The van der Waals surface area contributed by atoms with Gasteiger partial charge in [-0.3, -0.25) is 4.79 Å². The van der Waals surface area contributed by atoms with E-state index in [1.54, 1.807) is 24.3 Å². The molecule has 1 N–H and O–H groups in total. The Morgan fingerprint density at radius 3 is 2.42 bits per heavy atom. The molecule has 5 atom stereocenters. The Kier molecular flexibility index (Phi) is 6.70. The Balaban J connectivity index is 1.22. The molecule has 2 unspecified atom stereocenters. The fourth-order valence-electron chi connectivity index (χ4n) is 5.87. The lowest BCUT2D eigenvalue weighted by atomic mass is 9.89. The van der Waals surface area contributed by atoms with E-state index in [0.29, 0.717) is 35.5 Å². The second kappa shape index (κ2) is 10.2. The molecule has 1 saturated heterocycles. The molecule has 3 aromatic rings. The molecule has 1 amide bonds. The van der Waals surface area contributed by atoms with Gasteiger partial charge in [-0.25, -0.2) is 13.6 Å². The van der Waals surface area contributed by atoms with E-state index < -0.39 is 41.8 Å². The lowest BCUT2D eigenvalue weighted by Crippen LogP contribution is -2.42. The normalized spacial score (nSPS) is 26.1. The van der Waals surface area contributed by atoms with E-state index in [2.05, 4.69) is 5.32 Å². The van der Waals surface area contributed by atoms with Gasteiger partial charge in [0.2, 0.25) is 12.7 Å². The first kappa shape index (κ1) is 26.3. The summed E-state index contributed by atoms with van der Waals surface area (Å²) >= 11 is 0. The van der Waals surface area contributed by atoms with Crippen LogP contribution in [0.3, 0.4) is 0 Å². The van der Waals surface area contributed by atoms with Crippen LogP contribution < -0.4 is 14.8 Å². The topological polar surface area (TPSA) is 83.1 Å². The van der Waals surface area contributed by atoms with E-state index in [1.165, 1.54) is 13.2 Å². The fraction of sp³-hybridized carbons (Fsp3) is 0.355. The van der Waals surface area contributed by atoms with Gasteiger partial charge in [0.05, 0.1) is 30.8 Å².